The normalized spacial score (nSPS) is 10.2. The summed E-state index contributed by atoms with van der Waals surface area (Å²) in [5.74, 6) is 0.698. The van der Waals surface area contributed by atoms with Crippen molar-refractivity contribution in [1.29, 1.82) is 0 Å². The fraction of sp³-hybridized carbons (Fsp3) is 0.125. The molecular weight excluding hydrogens is 463 g/mol. The monoisotopic (exact) mass is 484 g/mol. The minimum atomic E-state index is -0.564. The predicted molar refractivity (Wildman–Crippen MR) is 131 cm³/mol. The van der Waals surface area contributed by atoms with Gasteiger partial charge in [-0.15, -0.1) is 12.4 Å². The Labute approximate surface area is 201 Å². The molecule has 0 aliphatic carbocycles. The second-order valence-electron chi connectivity index (χ2n) is 6.90. The first kappa shape index (κ1) is 24.5. The Balaban J connectivity index is 0.00000324. The molecular formula is C24H22ClFN4O4. The summed E-state index contributed by atoms with van der Waals surface area (Å²) in [5.41, 5.74) is 1.47. The van der Waals surface area contributed by atoms with E-state index >= 15 is 0 Å². The van der Waals surface area contributed by atoms with Crippen molar-refractivity contribution in [3.05, 3.63) is 72.3 Å². The summed E-state index contributed by atoms with van der Waals surface area (Å²) in [4.78, 5) is 21.1. The van der Waals surface area contributed by atoms with E-state index in [2.05, 4.69) is 20.6 Å². The number of aromatic nitrogens is 2. The second-order valence-corrected chi connectivity index (χ2v) is 6.90. The Morgan fingerprint density at radius 3 is 2.32 bits per heavy atom. The summed E-state index contributed by atoms with van der Waals surface area (Å²) in [6.45, 7) is 0. The number of fused-ring (bicyclic) bond motifs is 1. The molecule has 0 saturated heterocycles. The van der Waals surface area contributed by atoms with E-state index in [1.807, 2.05) is 0 Å². The second kappa shape index (κ2) is 10.7. The third kappa shape index (κ3) is 4.79. The Kier molecular flexibility index (Phi) is 7.70. The number of amides is 1. The van der Waals surface area contributed by atoms with Crippen LogP contribution in [-0.2, 0) is 0 Å². The minimum Gasteiger partial charge on any atom is -0.493 e. The average Bonchev–Trinajstić information content (AvgIpc) is 2.85. The maximum absolute atomic E-state index is 14.4. The molecule has 2 N–H and O–H groups in total. The van der Waals surface area contributed by atoms with Crippen LogP contribution in [0.1, 0.15) is 10.4 Å². The van der Waals surface area contributed by atoms with Crippen LogP contribution in [0.3, 0.4) is 0 Å². The molecule has 10 heteroatoms. The topological polar surface area (TPSA) is 94.6 Å². The van der Waals surface area contributed by atoms with Gasteiger partial charge in [-0.2, -0.15) is 0 Å². The molecule has 0 saturated carbocycles. The van der Waals surface area contributed by atoms with Crippen LogP contribution < -0.4 is 24.8 Å². The van der Waals surface area contributed by atoms with Crippen molar-refractivity contribution in [3.63, 3.8) is 0 Å². The quantitative estimate of drug-likeness (QED) is 0.371. The van der Waals surface area contributed by atoms with Crippen molar-refractivity contribution >= 4 is 46.4 Å². The maximum Gasteiger partial charge on any atom is 0.255 e. The molecule has 0 fully saturated rings. The lowest BCUT2D eigenvalue weighted by molar-refractivity contribution is 0.102. The third-order valence-corrected chi connectivity index (χ3v) is 4.95. The van der Waals surface area contributed by atoms with Crippen molar-refractivity contribution in [1.82, 2.24) is 9.97 Å². The van der Waals surface area contributed by atoms with E-state index in [-0.39, 0.29) is 18.1 Å². The van der Waals surface area contributed by atoms with Crippen LogP contribution in [0.15, 0.2) is 60.9 Å². The third-order valence-electron chi connectivity index (χ3n) is 4.95. The van der Waals surface area contributed by atoms with Gasteiger partial charge in [0.25, 0.3) is 5.91 Å². The zero-order chi connectivity index (χ0) is 23.4. The number of rotatable bonds is 7. The van der Waals surface area contributed by atoms with Gasteiger partial charge in [0.1, 0.15) is 23.5 Å². The van der Waals surface area contributed by atoms with E-state index in [9.17, 15) is 9.18 Å². The molecule has 4 rings (SSSR count). The van der Waals surface area contributed by atoms with Crippen molar-refractivity contribution in [3.8, 4) is 17.2 Å². The molecule has 34 heavy (non-hydrogen) atoms. The zero-order valence-electron chi connectivity index (χ0n) is 18.6. The van der Waals surface area contributed by atoms with Crippen molar-refractivity contribution in [2.24, 2.45) is 0 Å². The Morgan fingerprint density at radius 1 is 0.912 bits per heavy atom. The number of halogens is 2. The lowest BCUT2D eigenvalue weighted by Crippen LogP contribution is -2.13. The summed E-state index contributed by atoms with van der Waals surface area (Å²) >= 11 is 0. The average molecular weight is 485 g/mol. The minimum absolute atomic E-state index is 0. The molecule has 0 radical (unpaired) electrons. The highest BCUT2D eigenvalue weighted by atomic mass is 35.5. The molecule has 0 atom stereocenters. The van der Waals surface area contributed by atoms with Gasteiger partial charge in [-0.05, 0) is 36.4 Å². The zero-order valence-corrected chi connectivity index (χ0v) is 19.4. The molecule has 3 aromatic carbocycles. The number of anilines is 3. The van der Waals surface area contributed by atoms with Gasteiger partial charge in [0.05, 0.1) is 32.4 Å². The fourth-order valence-corrected chi connectivity index (χ4v) is 3.38. The summed E-state index contributed by atoms with van der Waals surface area (Å²) in [5, 5.41) is 6.35. The number of methoxy groups -OCH3 is 3. The van der Waals surface area contributed by atoms with Crippen molar-refractivity contribution in [2.75, 3.05) is 32.0 Å². The number of nitrogens with zero attached hydrogens (tertiary/aromatic N) is 2. The maximum atomic E-state index is 14.4. The number of carbonyl (C=O) groups is 1. The number of nitrogens with one attached hydrogen (secondary N) is 2. The first-order valence-electron chi connectivity index (χ1n) is 9.92. The van der Waals surface area contributed by atoms with E-state index in [4.69, 9.17) is 14.2 Å². The highest BCUT2D eigenvalue weighted by molar-refractivity contribution is 6.04. The number of benzene rings is 3. The largest absolute Gasteiger partial charge is 0.493 e. The number of hydrogen-bond donors (Lipinski definition) is 2. The van der Waals surface area contributed by atoms with E-state index < -0.39 is 11.7 Å². The van der Waals surface area contributed by atoms with Crippen LogP contribution in [0.2, 0.25) is 0 Å². The predicted octanol–water partition coefficient (Wildman–Crippen LogP) is 5.21. The van der Waals surface area contributed by atoms with Gasteiger partial charge in [0, 0.05) is 11.3 Å². The van der Waals surface area contributed by atoms with Gasteiger partial charge >= 0.3 is 0 Å². The summed E-state index contributed by atoms with van der Waals surface area (Å²) < 4.78 is 30.7. The molecule has 1 amide bonds. The standard InChI is InChI=1S/C24H21FN4O4.ClH/c1-31-19-12-16-20(22(33-3)21(19)32-2)26-13-27-23(16)28-15-9-10-17(25)18(11-15)29-24(30)14-7-5-4-6-8-14;/h4-13H,1-3H3,(H,29,30)(H,26,27,28);1H. The molecule has 4 aromatic rings. The van der Waals surface area contributed by atoms with Crippen LogP contribution in [0.25, 0.3) is 10.9 Å². The first-order chi connectivity index (χ1) is 16.0. The van der Waals surface area contributed by atoms with Gasteiger partial charge < -0.3 is 24.8 Å². The lowest BCUT2D eigenvalue weighted by atomic mass is 10.1. The molecule has 1 aromatic heterocycles. The summed E-state index contributed by atoms with van der Waals surface area (Å²) in [6, 6.07) is 14.6. The van der Waals surface area contributed by atoms with E-state index in [0.717, 1.165) is 0 Å². The first-order valence-corrected chi connectivity index (χ1v) is 9.92. The smallest absolute Gasteiger partial charge is 0.255 e. The fourth-order valence-electron chi connectivity index (χ4n) is 3.38. The molecule has 1 heterocycles. The SMILES string of the molecule is COc1cc2c(Nc3ccc(F)c(NC(=O)c4ccccc4)c3)ncnc2c(OC)c1OC.Cl. The van der Waals surface area contributed by atoms with Crippen LogP contribution >= 0.6 is 12.4 Å². The van der Waals surface area contributed by atoms with Crippen LogP contribution in [0.4, 0.5) is 21.6 Å². The van der Waals surface area contributed by atoms with Gasteiger partial charge in [-0.25, -0.2) is 14.4 Å². The highest BCUT2D eigenvalue weighted by Gasteiger charge is 2.19. The highest BCUT2D eigenvalue weighted by Crippen LogP contribution is 2.44. The number of carbonyl (C=O) groups excluding carboxylic acids is 1. The molecule has 8 nitrogen and oxygen atoms in total. The van der Waals surface area contributed by atoms with E-state index in [1.54, 1.807) is 42.5 Å². The van der Waals surface area contributed by atoms with Gasteiger partial charge in [-0.3, -0.25) is 4.79 Å². The Morgan fingerprint density at radius 2 is 1.65 bits per heavy atom. The molecule has 0 aliphatic rings. The van der Waals surface area contributed by atoms with Crippen LogP contribution in [-0.4, -0.2) is 37.2 Å². The van der Waals surface area contributed by atoms with Crippen molar-refractivity contribution in [2.45, 2.75) is 0 Å². The Hall–Kier alpha value is -4.11. The molecule has 176 valence electrons. The van der Waals surface area contributed by atoms with Gasteiger partial charge in [-0.1, -0.05) is 18.2 Å². The van der Waals surface area contributed by atoms with Gasteiger partial charge in [0.15, 0.2) is 11.5 Å². The van der Waals surface area contributed by atoms with E-state index in [0.29, 0.717) is 45.2 Å². The summed E-state index contributed by atoms with van der Waals surface area (Å²) in [6.07, 6.45) is 1.38. The van der Waals surface area contributed by atoms with Gasteiger partial charge in [0.2, 0.25) is 5.75 Å². The number of hydrogen-bond acceptors (Lipinski definition) is 7. The molecule has 0 bridgehead atoms. The van der Waals surface area contributed by atoms with Crippen molar-refractivity contribution < 1.29 is 23.4 Å². The lowest BCUT2D eigenvalue weighted by Gasteiger charge is -2.16. The molecule has 0 unspecified atom stereocenters. The Bertz CT molecular complexity index is 1320. The number of ether oxygens (including phenoxy) is 3. The van der Waals surface area contributed by atoms with E-state index in [1.165, 1.54) is 39.8 Å². The molecule has 0 aliphatic heterocycles. The molecule has 0 spiro atoms. The van der Waals surface area contributed by atoms with Crippen LogP contribution in [0, 0.1) is 5.82 Å². The summed E-state index contributed by atoms with van der Waals surface area (Å²) in [7, 11) is 4.53. The van der Waals surface area contributed by atoms with Crippen LogP contribution in [0.5, 0.6) is 17.2 Å².